The average molecular weight is 979 g/mol. The number of methoxy groups -OCH3 is 2. The van der Waals surface area contributed by atoms with Crippen LogP contribution < -0.4 is 24.4 Å². The van der Waals surface area contributed by atoms with E-state index in [4.69, 9.17) is 47.0 Å². The van der Waals surface area contributed by atoms with Crippen molar-refractivity contribution in [1.29, 1.82) is 0 Å². The van der Waals surface area contributed by atoms with E-state index in [-0.39, 0.29) is 39.9 Å². The van der Waals surface area contributed by atoms with Gasteiger partial charge < -0.3 is 113 Å². The fourth-order valence-corrected chi connectivity index (χ4v) is 7.74. The van der Waals surface area contributed by atoms with Crippen molar-refractivity contribution in [2.45, 2.75) is 92.1 Å². The summed E-state index contributed by atoms with van der Waals surface area (Å²) in [4.78, 5) is 27.8. The van der Waals surface area contributed by atoms with E-state index < -0.39 is 152 Å². The molecule has 0 bridgehead atoms. The molecule has 25 heteroatoms. The van der Waals surface area contributed by atoms with Gasteiger partial charge >= 0.3 is 5.97 Å². The normalized spacial score (nSPS) is 31.6. The summed E-state index contributed by atoms with van der Waals surface area (Å²) < 4.78 is 56.5. The Kier molecular flexibility index (Phi) is 15.8. The fourth-order valence-electron chi connectivity index (χ4n) is 7.74. The number of hydrogen-bond donors (Lipinski definition) is 13. The number of phenolic OH excluding ortho intramolecular Hbond substituents is 3. The van der Waals surface area contributed by atoms with Crippen molar-refractivity contribution in [3.8, 4) is 51.6 Å². The maximum absolute atomic E-state index is 14.5. The molecule has 15 unspecified atom stereocenters. The van der Waals surface area contributed by atoms with Crippen molar-refractivity contribution in [3.63, 3.8) is 0 Å². The number of aromatic hydroxyl groups is 3. The topological polar surface area (TPSA) is 393 Å². The highest BCUT2D eigenvalue weighted by Crippen LogP contribution is 2.40. The summed E-state index contributed by atoms with van der Waals surface area (Å²) in [6.07, 6.45) is -25.9. The number of benzene rings is 3. The molecule has 25 nitrogen and oxygen atoms in total. The van der Waals surface area contributed by atoms with Crippen LogP contribution in [0.25, 0.3) is 28.4 Å². The first kappa shape index (κ1) is 51.0. The minimum absolute atomic E-state index is 0.0110. The average Bonchev–Trinajstić information content (AvgIpc) is 3.33. The third kappa shape index (κ3) is 10.4. The molecular weight excluding hydrogens is 928 g/mol. The Hall–Kier alpha value is -5.88. The molecule has 1 aromatic heterocycles. The van der Waals surface area contributed by atoms with Gasteiger partial charge in [-0.1, -0.05) is 0 Å². The first-order chi connectivity index (χ1) is 32.9. The molecule has 4 heterocycles. The van der Waals surface area contributed by atoms with Crippen LogP contribution >= 0.6 is 0 Å². The van der Waals surface area contributed by atoms with Crippen LogP contribution in [-0.2, 0) is 28.5 Å². The van der Waals surface area contributed by atoms with Crippen molar-refractivity contribution in [1.82, 2.24) is 0 Å². The molecular formula is C44H50O25. The van der Waals surface area contributed by atoms with Gasteiger partial charge in [-0.25, -0.2) is 4.79 Å². The van der Waals surface area contributed by atoms with E-state index in [1.54, 1.807) is 0 Å². The molecule has 0 aliphatic carbocycles. The van der Waals surface area contributed by atoms with E-state index in [9.17, 15) is 76.0 Å². The van der Waals surface area contributed by atoms with Gasteiger partial charge in [-0.05, 0) is 48.0 Å². The highest BCUT2D eigenvalue weighted by molar-refractivity contribution is 5.89. The Morgan fingerprint density at radius 2 is 1.20 bits per heavy atom. The standard InChI is InChI=1S/C44H50O25/c1-60-22-9-16(10-23(61-2)29(22)51)3-8-27(50)67-40-35(57)31(53)25(14-46)65-43(40)69-41-36(58)32(54)26(15-47)66-44(41)68-39-33(55)28-20(49)11-19(62-42-37(59)34(56)30(52)24(13-45)64-42)12-21(28)63-38(39)17-4-6-18(48)7-5-17/h3-12,24-26,30-32,34-37,40-49,51-54,56-59H,13-15H2,1-2H3/b8-3+. The van der Waals surface area contributed by atoms with E-state index >= 15 is 0 Å². The Morgan fingerprint density at radius 3 is 1.78 bits per heavy atom. The molecule has 3 fully saturated rings. The Balaban J connectivity index is 1.24. The van der Waals surface area contributed by atoms with Crippen LogP contribution in [0.2, 0.25) is 0 Å². The predicted molar refractivity (Wildman–Crippen MR) is 227 cm³/mol. The number of carbonyl (C=O) groups is 1. The summed E-state index contributed by atoms with van der Waals surface area (Å²) in [5, 5.41) is 136. The van der Waals surface area contributed by atoms with Gasteiger partial charge in [-0.15, -0.1) is 0 Å². The summed E-state index contributed by atoms with van der Waals surface area (Å²) in [6, 6.07) is 9.64. The zero-order chi connectivity index (χ0) is 50.0. The van der Waals surface area contributed by atoms with Crippen molar-refractivity contribution in [2.75, 3.05) is 34.0 Å². The van der Waals surface area contributed by atoms with Crippen molar-refractivity contribution < 1.29 is 118 Å². The number of aliphatic hydroxyl groups excluding tert-OH is 10. The number of rotatable bonds is 15. The first-order valence-electron chi connectivity index (χ1n) is 20.9. The minimum atomic E-state index is -2.13. The van der Waals surface area contributed by atoms with E-state index in [1.807, 2.05) is 0 Å². The summed E-state index contributed by atoms with van der Waals surface area (Å²) in [5.74, 6) is -4.14. The second-order valence-corrected chi connectivity index (χ2v) is 15.9. The first-order valence-corrected chi connectivity index (χ1v) is 20.9. The summed E-state index contributed by atoms with van der Waals surface area (Å²) in [5.41, 5.74) is -1.26. The molecule has 13 N–H and O–H groups in total. The number of aliphatic hydroxyl groups is 10. The maximum Gasteiger partial charge on any atom is 0.331 e. The van der Waals surface area contributed by atoms with Crippen LogP contribution in [0.5, 0.6) is 40.2 Å². The van der Waals surface area contributed by atoms with Crippen LogP contribution in [0.3, 0.4) is 0 Å². The predicted octanol–water partition coefficient (Wildman–Crippen LogP) is -2.96. The molecule has 3 aromatic carbocycles. The van der Waals surface area contributed by atoms with Crippen LogP contribution in [0.4, 0.5) is 0 Å². The molecule has 3 aliphatic heterocycles. The fraction of sp³-hybridized carbons (Fsp3) is 0.455. The molecule has 0 amide bonds. The summed E-state index contributed by atoms with van der Waals surface area (Å²) >= 11 is 0. The van der Waals surface area contributed by atoms with E-state index in [1.165, 1.54) is 56.7 Å². The number of ether oxygens (including phenoxy) is 9. The molecule has 0 radical (unpaired) electrons. The van der Waals surface area contributed by atoms with Crippen molar-refractivity contribution in [3.05, 3.63) is 70.4 Å². The van der Waals surface area contributed by atoms with Gasteiger partial charge in [0.25, 0.3) is 0 Å². The van der Waals surface area contributed by atoms with Gasteiger partial charge in [-0.3, -0.25) is 4.79 Å². The lowest BCUT2D eigenvalue weighted by molar-refractivity contribution is -0.358. The molecule has 3 saturated heterocycles. The summed E-state index contributed by atoms with van der Waals surface area (Å²) in [7, 11) is 2.56. The minimum Gasteiger partial charge on any atom is -0.508 e. The van der Waals surface area contributed by atoms with Gasteiger partial charge in [0, 0.05) is 23.8 Å². The summed E-state index contributed by atoms with van der Waals surface area (Å²) in [6.45, 7) is -2.67. The third-order valence-electron chi connectivity index (χ3n) is 11.5. The van der Waals surface area contributed by atoms with Crippen molar-refractivity contribution in [2.24, 2.45) is 0 Å². The SMILES string of the molecule is COc1cc(/C=C/C(=O)OC2C(OC3C(Oc4c(-c5ccc(O)cc5)oc5cc(OC6OC(CO)C(O)C(O)C6O)cc(O)c5c4=O)OC(CO)C(O)C3O)OC(CO)C(O)C2O)cc(OC)c1O. The molecule has 69 heavy (non-hydrogen) atoms. The number of carbonyl (C=O) groups excluding carboxylic acids is 1. The highest BCUT2D eigenvalue weighted by atomic mass is 16.8. The molecule has 4 aromatic rings. The van der Waals surface area contributed by atoms with E-state index in [2.05, 4.69) is 0 Å². The van der Waals surface area contributed by atoms with Gasteiger partial charge in [0.2, 0.25) is 29.5 Å². The van der Waals surface area contributed by atoms with Gasteiger partial charge in [0.15, 0.2) is 35.8 Å². The zero-order valence-electron chi connectivity index (χ0n) is 36.3. The zero-order valence-corrected chi connectivity index (χ0v) is 36.3. The number of fused-ring (bicyclic) bond motifs is 1. The molecule has 3 aliphatic rings. The lowest BCUT2D eigenvalue weighted by atomic mass is 9.97. The molecule has 15 atom stereocenters. The maximum atomic E-state index is 14.5. The lowest BCUT2D eigenvalue weighted by Crippen LogP contribution is -2.65. The van der Waals surface area contributed by atoms with Crippen LogP contribution in [-0.4, -0.2) is 199 Å². The van der Waals surface area contributed by atoms with Crippen molar-refractivity contribution >= 4 is 23.0 Å². The van der Waals surface area contributed by atoms with Crippen LogP contribution in [0, 0.1) is 0 Å². The van der Waals surface area contributed by atoms with Gasteiger partial charge in [0.1, 0.15) is 89.3 Å². The number of hydrogen-bond acceptors (Lipinski definition) is 25. The second-order valence-electron chi connectivity index (χ2n) is 15.9. The Morgan fingerprint density at radius 1 is 0.652 bits per heavy atom. The number of phenols is 3. The van der Waals surface area contributed by atoms with Crippen LogP contribution in [0.15, 0.2) is 63.8 Å². The molecule has 376 valence electrons. The Labute approximate surface area is 388 Å². The number of esters is 1. The van der Waals surface area contributed by atoms with Gasteiger partial charge in [0.05, 0.1) is 34.0 Å². The Bertz CT molecular complexity index is 2490. The largest absolute Gasteiger partial charge is 0.508 e. The third-order valence-corrected chi connectivity index (χ3v) is 11.5. The quantitative estimate of drug-likeness (QED) is 0.0418. The molecule has 7 rings (SSSR count). The van der Waals surface area contributed by atoms with Crippen LogP contribution in [0.1, 0.15) is 5.56 Å². The van der Waals surface area contributed by atoms with E-state index in [0.717, 1.165) is 18.2 Å². The van der Waals surface area contributed by atoms with Gasteiger partial charge in [-0.2, -0.15) is 0 Å². The monoisotopic (exact) mass is 978 g/mol. The second kappa shape index (κ2) is 21.4. The molecule has 0 saturated carbocycles. The molecule has 0 spiro atoms. The smallest absolute Gasteiger partial charge is 0.331 e. The lowest BCUT2D eigenvalue weighted by Gasteiger charge is -2.46. The highest BCUT2D eigenvalue weighted by Gasteiger charge is 2.53. The van der Waals surface area contributed by atoms with E-state index in [0.29, 0.717) is 0 Å².